The number of carbonyl (C=O) groups excluding carboxylic acids is 1. The summed E-state index contributed by atoms with van der Waals surface area (Å²) >= 11 is 0. The van der Waals surface area contributed by atoms with E-state index in [1.54, 1.807) is 18.1 Å². The third kappa shape index (κ3) is 3.65. The monoisotopic (exact) mass is 381 g/mol. The van der Waals surface area contributed by atoms with Crippen LogP contribution in [0.3, 0.4) is 0 Å². The van der Waals surface area contributed by atoms with Crippen LogP contribution in [0.5, 0.6) is 11.8 Å². The van der Waals surface area contributed by atoms with Gasteiger partial charge in [-0.25, -0.2) is 9.97 Å². The summed E-state index contributed by atoms with van der Waals surface area (Å²) in [5.41, 5.74) is 2.31. The molecule has 146 valence electrons. The molecule has 1 fully saturated rings. The van der Waals surface area contributed by atoms with Crippen LogP contribution in [0.1, 0.15) is 34.8 Å². The number of aryl methyl sites for hydroxylation is 2. The molecule has 1 atom stereocenters. The van der Waals surface area contributed by atoms with E-state index in [9.17, 15) is 4.79 Å². The molecule has 0 bridgehead atoms. The lowest BCUT2D eigenvalue weighted by molar-refractivity contribution is 0.0490. The zero-order valence-electron chi connectivity index (χ0n) is 16.3. The molecule has 1 saturated heterocycles. The van der Waals surface area contributed by atoms with Gasteiger partial charge in [-0.2, -0.15) is 0 Å². The highest BCUT2D eigenvalue weighted by molar-refractivity contribution is 5.97. The van der Waals surface area contributed by atoms with Crippen LogP contribution in [-0.2, 0) is 0 Å². The van der Waals surface area contributed by atoms with Gasteiger partial charge in [0.15, 0.2) is 17.1 Å². The lowest BCUT2D eigenvalue weighted by atomic mass is 10.1. The molecule has 28 heavy (non-hydrogen) atoms. The van der Waals surface area contributed by atoms with E-state index in [0.717, 1.165) is 29.6 Å². The van der Waals surface area contributed by atoms with Crippen LogP contribution in [0.15, 0.2) is 34.7 Å². The van der Waals surface area contributed by atoms with Gasteiger partial charge in [-0.1, -0.05) is 12.1 Å². The molecule has 0 unspecified atom stereocenters. The highest BCUT2D eigenvalue weighted by atomic mass is 16.5. The third-order valence-electron chi connectivity index (χ3n) is 4.84. The second-order valence-electron chi connectivity index (χ2n) is 7.06. The Morgan fingerprint density at radius 1 is 1.21 bits per heavy atom. The molecule has 1 aromatic carbocycles. The second-order valence-corrected chi connectivity index (χ2v) is 7.06. The van der Waals surface area contributed by atoms with Crippen LogP contribution in [-0.4, -0.2) is 47.1 Å². The van der Waals surface area contributed by atoms with Gasteiger partial charge in [0.2, 0.25) is 0 Å². The van der Waals surface area contributed by atoms with Gasteiger partial charge >= 0.3 is 6.01 Å². The van der Waals surface area contributed by atoms with Crippen molar-refractivity contribution in [3.8, 4) is 11.8 Å². The van der Waals surface area contributed by atoms with Crippen molar-refractivity contribution in [2.75, 3.05) is 20.2 Å². The maximum atomic E-state index is 13.0. The molecular weight excluding hydrogens is 358 g/mol. The normalized spacial score (nSPS) is 17.0. The minimum atomic E-state index is -0.145. The Morgan fingerprint density at radius 3 is 2.75 bits per heavy atom. The predicted molar refractivity (Wildman–Crippen MR) is 104 cm³/mol. The highest BCUT2D eigenvalue weighted by Crippen LogP contribution is 2.29. The van der Waals surface area contributed by atoms with E-state index < -0.39 is 0 Å². The van der Waals surface area contributed by atoms with Crippen molar-refractivity contribution in [3.63, 3.8) is 0 Å². The third-order valence-corrected chi connectivity index (χ3v) is 4.84. The Hall–Kier alpha value is -3.09. The van der Waals surface area contributed by atoms with Crippen molar-refractivity contribution in [2.45, 2.75) is 32.8 Å². The summed E-state index contributed by atoms with van der Waals surface area (Å²) < 4.78 is 17.1. The minimum absolute atomic E-state index is 0.141. The second kappa shape index (κ2) is 7.50. The zero-order valence-corrected chi connectivity index (χ0v) is 16.3. The highest BCUT2D eigenvalue weighted by Gasteiger charge is 2.28. The van der Waals surface area contributed by atoms with E-state index in [-0.39, 0.29) is 12.0 Å². The van der Waals surface area contributed by atoms with Gasteiger partial charge in [0, 0.05) is 23.3 Å². The number of piperidine rings is 1. The maximum Gasteiger partial charge on any atom is 0.317 e. The number of carbonyl (C=O) groups is 1. The Balaban J connectivity index is 1.50. The molecule has 7 heteroatoms. The van der Waals surface area contributed by atoms with Gasteiger partial charge in [0.25, 0.3) is 5.91 Å². The summed E-state index contributed by atoms with van der Waals surface area (Å²) in [7, 11) is 1.58. The first-order valence-corrected chi connectivity index (χ1v) is 9.38. The van der Waals surface area contributed by atoms with Crippen LogP contribution in [0, 0.1) is 13.8 Å². The number of aromatic nitrogens is 2. The number of benzene rings is 1. The SMILES string of the molecule is COc1cccc2cc(C(=O)N3CCC[C@@H](Oc4nc(C)cc(C)n4)C3)oc12. The van der Waals surface area contributed by atoms with Crippen LogP contribution >= 0.6 is 0 Å². The zero-order chi connectivity index (χ0) is 19.7. The number of methoxy groups -OCH3 is 1. The quantitative estimate of drug-likeness (QED) is 0.688. The predicted octanol–water partition coefficient (Wildman–Crippen LogP) is 3.53. The average Bonchev–Trinajstić information content (AvgIpc) is 3.11. The van der Waals surface area contributed by atoms with Crippen molar-refractivity contribution in [1.29, 1.82) is 0 Å². The fraction of sp³-hybridized carbons (Fsp3) is 0.381. The van der Waals surface area contributed by atoms with Crippen molar-refractivity contribution in [2.24, 2.45) is 0 Å². The molecule has 1 aliphatic heterocycles. The van der Waals surface area contributed by atoms with Crippen molar-refractivity contribution < 1.29 is 18.7 Å². The number of fused-ring (bicyclic) bond motifs is 1. The number of amides is 1. The largest absolute Gasteiger partial charge is 0.493 e. The maximum absolute atomic E-state index is 13.0. The number of ether oxygens (including phenoxy) is 2. The number of hydrogen-bond donors (Lipinski definition) is 0. The Labute approximate surface area is 163 Å². The van der Waals surface area contributed by atoms with Gasteiger partial charge in [0.05, 0.1) is 13.7 Å². The average molecular weight is 381 g/mol. The molecule has 0 saturated carbocycles. The van der Waals surface area contributed by atoms with Crippen molar-refractivity contribution in [1.82, 2.24) is 14.9 Å². The van der Waals surface area contributed by atoms with Gasteiger partial charge in [0.1, 0.15) is 6.10 Å². The molecule has 3 aromatic rings. The van der Waals surface area contributed by atoms with Crippen molar-refractivity contribution >= 4 is 16.9 Å². The molecule has 1 amide bonds. The number of furan rings is 1. The van der Waals surface area contributed by atoms with Gasteiger partial charge in [-0.05, 0) is 44.9 Å². The number of para-hydroxylation sites is 1. The fourth-order valence-electron chi connectivity index (χ4n) is 3.57. The molecule has 1 aliphatic rings. The van der Waals surface area contributed by atoms with E-state index in [0.29, 0.717) is 36.2 Å². The summed E-state index contributed by atoms with van der Waals surface area (Å²) in [5.74, 6) is 0.777. The number of rotatable bonds is 4. The molecule has 4 rings (SSSR count). The van der Waals surface area contributed by atoms with Crippen molar-refractivity contribution in [3.05, 3.63) is 47.5 Å². The lowest BCUT2D eigenvalue weighted by Crippen LogP contribution is -2.44. The first-order chi connectivity index (χ1) is 13.5. The summed E-state index contributed by atoms with van der Waals surface area (Å²) in [5, 5.41) is 0.844. The Kier molecular flexibility index (Phi) is 4.90. The Morgan fingerprint density at radius 2 is 2.00 bits per heavy atom. The van der Waals surface area contributed by atoms with Gasteiger partial charge in [-0.3, -0.25) is 4.79 Å². The summed E-state index contributed by atoms with van der Waals surface area (Å²) in [6.45, 7) is 4.96. The van der Waals surface area contributed by atoms with Crippen LogP contribution in [0.4, 0.5) is 0 Å². The summed E-state index contributed by atoms with van der Waals surface area (Å²) in [4.78, 5) is 23.4. The summed E-state index contributed by atoms with van der Waals surface area (Å²) in [6, 6.07) is 9.62. The first-order valence-electron chi connectivity index (χ1n) is 9.38. The standard InChI is InChI=1S/C21H23N3O4/c1-13-10-14(2)23-21(22-13)27-16-7-5-9-24(12-16)20(25)18-11-15-6-4-8-17(26-3)19(15)28-18/h4,6,8,10-11,16H,5,7,9,12H2,1-3H3/t16-/m1/s1. The smallest absolute Gasteiger partial charge is 0.317 e. The molecule has 7 nitrogen and oxygen atoms in total. The number of likely N-dealkylation sites (tertiary alicyclic amines) is 1. The summed E-state index contributed by atoms with van der Waals surface area (Å²) in [6.07, 6.45) is 1.57. The molecule has 0 aliphatic carbocycles. The van der Waals surface area contributed by atoms with Gasteiger partial charge in [-0.15, -0.1) is 0 Å². The van der Waals surface area contributed by atoms with E-state index in [1.807, 2.05) is 38.1 Å². The fourth-order valence-corrected chi connectivity index (χ4v) is 3.57. The molecule has 0 radical (unpaired) electrons. The minimum Gasteiger partial charge on any atom is -0.493 e. The topological polar surface area (TPSA) is 77.7 Å². The van der Waals surface area contributed by atoms with E-state index in [2.05, 4.69) is 9.97 Å². The Bertz CT molecular complexity index is 994. The van der Waals surface area contributed by atoms with Gasteiger partial charge < -0.3 is 18.8 Å². The van der Waals surface area contributed by atoms with Crippen LogP contribution < -0.4 is 9.47 Å². The van der Waals surface area contributed by atoms with E-state index in [1.165, 1.54) is 0 Å². The number of nitrogens with zero attached hydrogens (tertiary/aromatic N) is 3. The van der Waals surface area contributed by atoms with E-state index in [4.69, 9.17) is 13.9 Å². The molecular formula is C21H23N3O4. The molecule has 0 N–H and O–H groups in total. The van der Waals surface area contributed by atoms with Crippen LogP contribution in [0.2, 0.25) is 0 Å². The molecule has 3 heterocycles. The first kappa shape index (κ1) is 18.3. The van der Waals surface area contributed by atoms with E-state index >= 15 is 0 Å². The molecule has 2 aromatic heterocycles. The molecule has 0 spiro atoms. The van der Waals surface area contributed by atoms with Crippen LogP contribution in [0.25, 0.3) is 11.0 Å². The number of hydrogen-bond acceptors (Lipinski definition) is 6. The lowest BCUT2D eigenvalue weighted by Gasteiger charge is -2.31.